The van der Waals surface area contributed by atoms with Crippen LogP contribution in [0.3, 0.4) is 0 Å². The zero-order chi connectivity index (χ0) is 9.31. The van der Waals surface area contributed by atoms with Gasteiger partial charge in [-0.15, -0.1) is 0 Å². The number of benzene rings is 1. The molecule has 1 aliphatic heterocycles. The number of carbonyl (C=O) groups excluding carboxylic acids is 1. The second-order valence-corrected chi connectivity index (χ2v) is 3.58. The van der Waals surface area contributed by atoms with Gasteiger partial charge in [-0.1, -0.05) is 30.3 Å². The molecule has 1 fully saturated rings. The van der Waals surface area contributed by atoms with E-state index in [9.17, 15) is 4.79 Å². The molecule has 2 nitrogen and oxygen atoms in total. The molecule has 0 spiro atoms. The highest BCUT2D eigenvalue weighted by molar-refractivity contribution is 5.84. The maximum atomic E-state index is 11.5. The summed E-state index contributed by atoms with van der Waals surface area (Å²) in [5, 5.41) is 0. The third kappa shape index (κ3) is 1.22. The van der Waals surface area contributed by atoms with Crippen LogP contribution in [0.2, 0.25) is 0 Å². The predicted molar refractivity (Wildman–Crippen MR) is 49.4 cm³/mol. The summed E-state index contributed by atoms with van der Waals surface area (Å²) in [5.74, 6) is -0.0984. The Balaban J connectivity index is 2.40. The molecule has 13 heavy (non-hydrogen) atoms. The van der Waals surface area contributed by atoms with E-state index in [2.05, 4.69) is 0 Å². The molecule has 0 radical (unpaired) electrons. The fourth-order valence-corrected chi connectivity index (χ4v) is 1.68. The Morgan fingerprint density at radius 2 is 2.00 bits per heavy atom. The molecule has 0 N–H and O–H groups in total. The van der Waals surface area contributed by atoms with Crippen molar-refractivity contribution >= 4 is 5.97 Å². The summed E-state index contributed by atoms with van der Waals surface area (Å²) in [6.07, 6.45) is 0.788. The first-order valence-corrected chi connectivity index (χ1v) is 4.46. The van der Waals surface area contributed by atoms with Crippen LogP contribution in [0.15, 0.2) is 30.3 Å². The lowest BCUT2D eigenvalue weighted by Gasteiger charge is -2.18. The van der Waals surface area contributed by atoms with Gasteiger partial charge in [0.2, 0.25) is 0 Å². The molecule has 0 unspecified atom stereocenters. The van der Waals surface area contributed by atoms with E-state index in [1.54, 1.807) is 0 Å². The largest absolute Gasteiger partial charge is 0.465 e. The van der Waals surface area contributed by atoms with Crippen molar-refractivity contribution < 1.29 is 9.53 Å². The fourth-order valence-electron chi connectivity index (χ4n) is 1.68. The molecule has 68 valence electrons. The minimum absolute atomic E-state index is 0.0984. The third-order valence-electron chi connectivity index (χ3n) is 2.70. The first-order valence-electron chi connectivity index (χ1n) is 4.46. The zero-order valence-electron chi connectivity index (χ0n) is 7.62. The summed E-state index contributed by atoms with van der Waals surface area (Å²) in [6.45, 7) is 2.49. The maximum absolute atomic E-state index is 11.5. The Labute approximate surface area is 77.5 Å². The van der Waals surface area contributed by atoms with Crippen LogP contribution in [0, 0.1) is 0 Å². The molecule has 0 amide bonds. The Bertz CT molecular complexity index is 318. The van der Waals surface area contributed by atoms with Gasteiger partial charge in [-0.25, -0.2) is 0 Å². The Kier molecular flexibility index (Phi) is 1.83. The van der Waals surface area contributed by atoms with Gasteiger partial charge in [-0.3, -0.25) is 4.79 Å². The Morgan fingerprint density at radius 1 is 1.31 bits per heavy atom. The molecule has 0 aliphatic carbocycles. The molecular formula is C11H12O2. The minimum Gasteiger partial charge on any atom is -0.465 e. The van der Waals surface area contributed by atoms with Gasteiger partial charge in [-0.05, 0) is 12.5 Å². The molecule has 2 heteroatoms. The van der Waals surface area contributed by atoms with Gasteiger partial charge in [0.1, 0.15) is 0 Å². The molecule has 1 atom stereocenters. The van der Waals surface area contributed by atoms with E-state index in [-0.39, 0.29) is 5.97 Å². The van der Waals surface area contributed by atoms with Crippen LogP contribution in [-0.4, -0.2) is 12.6 Å². The van der Waals surface area contributed by atoms with Crippen molar-refractivity contribution in [3.8, 4) is 0 Å². The van der Waals surface area contributed by atoms with Crippen molar-refractivity contribution in [3.63, 3.8) is 0 Å². The van der Waals surface area contributed by atoms with Crippen LogP contribution < -0.4 is 0 Å². The molecule has 1 heterocycles. The van der Waals surface area contributed by atoms with E-state index in [1.165, 1.54) is 0 Å². The van der Waals surface area contributed by atoms with Crippen molar-refractivity contribution in [2.45, 2.75) is 18.8 Å². The smallest absolute Gasteiger partial charge is 0.316 e. The lowest BCUT2D eigenvalue weighted by Crippen LogP contribution is -2.27. The number of esters is 1. The molecule has 1 aromatic carbocycles. The summed E-state index contributed by atoms with van der Waals surface area (Å²) < 4.78 is 4.98. The number of rotatable bonds is 1. The van der Waals surface area contributed by atoms with Gasteiger partial charge in [0, 0.05) is 6.42 Å². The topological polar surface area (TPSA) is 26.3 Å². The summed E-state index contributed by atoms with van der Waals surface area (Å²) in [5.41, 5.74) is 0.638. The average Bonchev–Trinajstić information content (AvgIpc) is 2.50. The molecule has 1 saturated heterocycles. The zero-order valence-corrected chi connectivity index (χ0v) is 7.62. The van der Waals surface area contributed by atoms with Gasteiger partial charge in [0.15, 0.2) is 0 Å². The van der Waals surface area contributed by atoms with Gasteiger partial charge < -0.3 is 4.74 Å². The van der Waals surface area contributed by atoms with Crippen molar-refractivity contribution in [2.75, 3.05) is 6.61 Å². The van der Waals surface area contributed by atoms with Crippen LogP contribution in [-0.2, 0) is 14.9 Å². The minimum atomic E-state index is -0.415. The van der Waals surface area contributed by atoms with Crippen molar-refractivity contribution in [1.82, 2.24) is 0 Å². The van der Waals surface area contributed by atoms with Crippen LogP contribution in [0.5, 0.6) is 0 Å². The number of cyclic esters (lactones) is 1. The molecule has 1 aliphatic rings. The lowest BCUT2D eigenvalue weighted by atomic mass is 9.81. The highest BCUT2D eigenvalue weighted by Crippen LogP contribution is 2.33. The van der Waals surface area contributed by atoms with Gasteiger partial charge in [-0.2, -0.15) is 0 Å². The molecule has 0 aromatic heterocycles. The van der Waals surface area contributed by atoms with Gasteiger partial charge >= 0.3 is 5.97 Å². The Morgan fingerprint density at radius 3 is 2.54 bits per heavy atom. The standard InChI is InChI=1S/C11H12O2/c1-11(7-8-13-10(11)12)9-5-3-2-4-6-9/h2-6H,7-8H2,1H3/t11-/m0/s1. The van der Waals surface area contributed by atoms with Gasteiger partial charge in [0.05, 0.1) is 12.0 Å². The highest BCUT2D eigenvalue weighted by Gasteiger charge is 2.41. The summed E-state index contributed by atoms with van der Waals surface area (Å²) in [7, 11) is 0. The first-order chi connectivity index (χ1) is 6.23. The molecule has 0 saturated carbocycles. The third-order valence-corrected chi connectivity index (χ3v) is 2.70. The van der Waals surface area contributed by atoms with Crippen LogP contribution in [0.4, 0.5) is 0 Å². The lowest BCUT2D eigenvalue weighted by molar-refractivity contribution is -0.142. The van der Waals surface area contributed by atoms with E-state index in [4.69, 9.17) is 4.74 Å². The highest BCUT2D eigenvalue weighted by atomic mass is 16.5. The quantitative estimate of drug-likeness (QED) is 0.611. The fraction of sp³-hybridized carbons (Fsp3) is 0.364. The van der Waals surface area contributed by atoms with Crippen LogP contribution in [0.1, 0.15) is 18.9 Å². The van der Waals surface area contributed by atoms with Crippen molar-refractivity contribution in [1.29, 1.82) is 0 Å². The van der Waals surface area contributed by atoms with Crippen molar-refractivity contribution in [3.05, 3.63) is 35.9 Å². The molecule has 1 aromatic rings. The summed E-state index contributed by atoms with van der Waals surface area (Å²) in [6, 6.07) is 9.81. The average molecular weight is 176 g/mol. The van der Waals surface area contributed by atoms with E-state index >= 15 is 0 Å². The SMILES string of the molecule is C[C@@]1(c2ccccc2)CCOC1=O. The molecule has 0 bridgehead atoms. The Hall–Kier alpha value is -1.31. The summed E-state index contributed by atoms with van der Waals surface area (Å²) in [4.78, 5) is 11.5. The van der Waals surface area contributed by atoms with E-state index in [0.717, 1.165) is 12.0 Å². The van der Waals surface area contributed by atoms with Crippen molar-refractivity contribution in [2.24, 2.45) is 0 Å². The number of hydrogen-bond acceptors (Lipinski definition) is 2. The number of hydrogen-bond donors (Lipinski definition) is 0. The maximum Gasteiger partial charge on any atom is 0.316 e. The molecular weight excluding hydrogens is 164 g/mol. The molecule has 2 rings (SSSR count). The van der Waals surface area contributed by atoms with E-state index in [0.29, 0.717) is 6.61 Å². The van der Waals surface area contributed by atoms with E-state index in [1.807, 2.05) is 37.3 Å². The monoisotopic (exact) mass is 176 g/mol. The second kappa shape index (κ2) is 2.87. The predicted octanol–water partition coefficient (Wildman–Crippen LogP) is 1.89. The van der Waals surface area contributed by atoms with Crippen LogP contribution in [0.25, 0.3) is 0 Å². The summed E-state index contributed by atoms with van der Waals surface area (Å²) >= 11 is 0. The second-order valence-electron chi connectivity index (χ2n) is 3.58. The normalized spacial score (nSPS) is 27.3. The number of carbonyl (C=O) groups is 1. The van der Waals surface area contributed by atoms with Crippen LogP contribution >= 0.6 is 0 Å². The number of ether oxygens (including phenoxy) is 1. The first kappa shape index (κ1) is 8.30. The van der Waals surface area contributed by atoms with Gasteiger partial charge in [0.25, 0.3) is 0 Å². The van der Waals surface area contributed by atoms with E-state index < -0.39 is 5.41 Å².